The largest absolute Gasteiger partial charge is 0.388 e. The van der Waals surface area contributed by atoms with E-state index in [1.165, 1.54) is 0 Å². The fraction of sp³-hybridized carbons (Fsp3) is 0.400. The Balaban J connectivity index is 2.11. The van der Waals surface area contributed by atoms with E-state index >= 15 is 0 Å². The van der Waals surface area contributed by atoms with E-state index in [4.69, 9.17) is 11.6 Å². The minimum Gasteiger partial charge on any atom is -0.388 e. The molecule has 0 bridgehead atoms. The van der Waals surface area contributed by atoms with Crippen molar-refractivity contribution in [1.82, 2.24) is 9.78 Å². The van der Waals surface area contributed by atoms with Crippen LogP contribution in [0.15, 0.2) is 30.5 Å². The third-order valence-corrected chi connectivity index (χ3v) is 3.59. The predicted molar refractivity (Wildman–Crippen MR) is 77.5 cm³/mol. The molecule has 102 valence electrons. The van der Waals surface area contributed by atoms with Crippen molar-refractivity contribution in [3.63, 3.8) is 0 Å². The lowest BCUT2D eigenvalue weighted by Gasteiger charge is -2.11. The molecule has 0 aliphatic carbocycles. The van der Waals surface area contributed by atoms with Gasteiger partial charge < -0.3 is 5.11 Å². The van der Waals surface area contributed by atoms with Gasteiger partial charge in [0.05, 0.1) is 11.8 Å². The molecular formula is C15H19ClN2O. The number of aliphatic hydroxyl groups is 1. The molecule has 1 aromatic carbocycles. The van der Waals surface area contributed by atoms with Crippen LogP contribution in [0.5, 0.6) is 0 Å². The van der Waals surface area contributed by atoms with Crippen LogP contribution in [0.2, 0.25) is 5.02 Å². The Hall–Kier alpha value is -1.32. The Morgan fingerprint density at radius 3 is 2.63 bits per heavy atom. The topological polar surface area (TPSA) is 38.0 Å². The zero-order chi connectivity index (χ0) is 14.0. The first-order valence-corrected chi connectivity index (χ1v) is 6.83. The van der Waals surface area contributed by atoms with E-state index in [9.17, 15) is 5.11 Å². The monoisotopic (exact) mass is 278 g/mol. The van der Waals surface area contributed by atoms with Gasteiger partial charge in [0.25, 0.3) is 0 Å². The second-order valence-corrected chi connectivity index (χ2v) is 5.52. The van der Waals surface area contributed by atoms with Crippen LogP contribution in [0.3, 0.4) is 0 Å². The van der Waals surface area contributed by atoms with Gasteiger partial charge in [-0.15, -0.1) is 0 Å². The van der Waals surface area contributed by atoms with Gasteiger partial charge in [-0.3, -0.25) is 4.68 Å². The first kappa shape index (κ1) is 14.1. The highest BCUT2D eigenvalue weighted by atomic mass is 35.5. The van der Waals surface area contributed by atoms with Crippen molar-refractivity contribution in [1.29, 1.82) is 0 Å². The first-order chi connectivity index (χ1) is 8.97. The van der Waals surface area contributed by atoms with E-state index in [1.54, 1.807) is 0 Å². The highest BCUT2D eigenvalue weighted by Gasteiger charge is 2.12. The van der Waals surface area contributed by atoms with E-state index in [0.717, 1.165) is 21.8 Å². The Labute approximate surface area is 118 Å². The molecule has 2 rings (SSSR count). The van der Waals surface area contributed by atoms with Gasteiger partial charge in [-0.1, -0.05) is 23.7 Å². The number of aryl methyl sites for hydroxylation is 1. The summed E-state index contributed by atoms with van der Waals surface area (Å²) in [4.78, 5) is 0. The lowest BCUT2D eigenvalue weighted by molar-refractivity contribution is 0.177. The molecule has 0 fully saturated rings. The molecule has 19 heavy (non-hydrogen) atoms. The maximum absolute atomic E-state index is 10.2. The summed E-state index contributed by atoms with van der Waals surface area (Å²) in [6.07, 6.45) is 1.91. The Bertz CT molecular complexity index is 563. The number of aliphatic hydroxyl groups excluding tert-OH is 1. The lowest BCUT2D eigenvalue weighted by atomic mass is 10.0. The van der Waals surface area contributed by atoms with Crippen molar-refractivity contribution in [3.05, 3.63) is 52.3 Å². The average molecular weight is 279 g/mol. The van der Waals surface area contributed by atoms with Crippen LogP contribution in [-0.2, 0) is 6.42 Å². The molecule has 0 aliphatic rings. The second kappa shape index (κ2) is 5.76. The third kappa shape index (κ3) is 3.37. The predicted octanol–water partition coefficient (Wildman–Crippen LogP) is 3.70. The molecule has 1 atom stereocenters. The summed E-state index contributed by atoms with van der Waals surface area (Å²) >= 11 is 5.99. The Morgan fingerprint density at radius 2 is 2.05 bits per heavy atom. The molecule has 1 aromatic heterocycles. The van der Waals surface area contributed by atoms with Gasteiger partial charge >= 0.3 is 0 Å². The second-order valence-electron chi connectivity index (χ2n) is 5.11. The number of halogens is 1. The van der Waals surface area contributed by atoms with Crippen LogP contribution >= 0.6 is 11.6 Å². The van der Waals surface area contributed by atoms with Crippen molar-refractivity contribution in [2.24, 2.45) is 0 Å². The molecule has 0 aliphatic heterocycles. The van der Waals surface area contributed by atoms with Crippen molar-refractivity contribution in [2.75, 3.05) is 0 Å². The summed E-state index contributed by atoms with van der Waals surface area (Å²) < 4.78 is 1.90. The van der Waals surface area contributed by atoms with Crippen molar-refractivity contribution in [3.8, 4) is 0 Å². The first-order valence-electron chi connectivity index (χ1n) is 6.45. The average Bonchev–Trinajstić information content (AvgIpc) is 2.81. The molecule has 1 N–H and O–H groups in total. The number of rotatable bonds is 4. The molecule has 3 nitrogen and oxygen atoms in total. The van der Waals surface area contributed by atoms with Crippen LogP contribution in [0, 0.1) is 6.92 Å². The highest BCUT2D eigenvalue weighted by Crippen LogP contribution is 2.23. The van der Waals surface area contributed by atoms with Gasteiger partial charge in [-0.25, -0.2) is 0 Å². The molecule has 0 spiro atoms. The van der Waals surface area contributed by atoms with Crippen molar-refractivity contribution >= 4 is 11.6 Å². The molecule has 1 heterocycles. The van der Waals surface area contributed by atoms with Crippen LogP contribution in [-0.4, -0.2) is 14.9 Å². The summed E-state index contributed by atoms with van der Waals surface area (Å²) in [6.45, 7) is 6.09. The molecule has 4 heteroatoms. The molecule has 2 aromatic rings. The quantitative estimate of drug-likeness (QED) is 0.926. The summed E-state index contributed by atoms with van der Waals surface area (Å²) in [6, 6.07) is 7.89. The van der Waals surface area contributed by atoms with E-state index in [2.05, 4.69) is 18.9 Å². The fourth-order valence-electron chi connectivity index (χ4n) is 1.96. The Morgan fingerprint density at radius 1 is 1.32 bits per heavy atom. The Kier molecular flexibility index (Phi) is 4.27. The minimum atomic E-state index is -0.550. The van der Waals surface area contributed by atoms with Gasteiger partial charge in [0.1, 0.15) is 0 Å². The maximum Gasteiger partial charge on any atom is 0.0846 e. The number of benzene rings is 1. The van der Waals surface area contributed by atoms with Gasteiger partial charge in [-0.05, 0) is 44.0 Å². The van der Waals surface area contributed by atoms with Gasteiger partial charge in [0.2, 0.25) is 0 Å². The smallest absolute Gasteiger partial charge is 0.0846 e. The fourth-order valence-corrected chi connectivity index (χ4v) is 2.08. The molecule has 0 saturated heterocycles. The maximum atomic E-state index is 10.2. The van der Waals surface area contributed by atoms with Gasteiger partial charge in [-0.2, -0.15) is 5.10 Å². The van der Waals surface area contributed by atoms with E-state index in [1.807, 2.05) is 42.1 Å². The summed E-state index contributed by atoms with van der Waals surface area (Å²) in [5.74, 6) is 0. The van der Waals surface area contributed by atoms with E-state index in [0.29, 0.717) is 12.5 Å². The number of aromatic nitrogens is 2. The third-order valence-electron chi connectivity index (χ3n) is 3.16. The number of hydrogen-bond acceptors (Lipinski definition) is 2. The summed E-state index contributed by atoms with van der Waals surface area (Å²) in [7, 11) is 0. The standard InChI is InChI=1S/C15H19ClN2O/c1-10(2)18-7-6-13(17-18)9-15(19)12-4-5-14(16)11(3)8-12/h4-8,10,15,19H,9H2,1-3H3. The lowest BCUT2D eigenvalue weighted by Crippen LogP contribution is -2.05. The van der Waals surface area contributed by atoms with Crippen LogP contribution in [0.1, 0.15) is 42.8 Å². The molecule has 0 saturated carbocycles. The zero-order valence-electron chi connectivity index (χ0n) is 11.5. The summed E-state index contributed by atoms with van der Waals surface area (Å²) in [5.41, 5.74) is 2.75. The minimum absolute atomic E-state index is 0.337. The van der Waals surface area contributed by atoms with E-state index in [-0.39, 0.29) is 0 Å². The van der Waals surface area contributed by atoms with E-state index < -0.39 is 6.10 Å². The SMILES string of the molecule is Cc1cc(C(O)Cc2ccn(C(C)C)n2)ccc1Cl. The molecule has 1 unspecified atom stereocenters. The van der Waals surface area contributed by atoms with Crippen LogP contribution in [0.4, 0.5) is 0 Å². The van der Waals surface area contributed by atoms with Crippen molar-refractivity contribution < 1.29 is 5.11 Å². The zero-order valence-corrected chi connectivity index (χ0v) is 12.2. The van der Waals surface area contributed by atoms with Crippen LogP contribution < -0.4 is 0 Å². The molecular weight excluding hydrogens is 260 g/mol. The van der Waals surface area contributed by atoms with Gasteiger partial charge in [0.15, 0.2) is 0 Å². The summed E-state index contributed by atoms with van der Waals surface area (Å²) in [5, 5.41) is 15.4. The highest BCUT2D eigenvalue weighted by molar-refractivity contribution is 6.31. The van der Waals surface area contributed by atoms with Crippen molar-refractivity contribution in [2.45, 2.75) is 39.3 Å². The molecule has 0 radical (unpaired) electrons. The van der Waals surface area contributed by atoms with Gasteiger partial charge in [0, 0.05) is 23.7 Å². The number of hydrogen-bond donors (Lipinski definition) is 1. The number of nitrogens with zero attached hydrogens (tertiary/aromatic N) is 2. The van der Waals surface area contributed by atoms with Crippen LogP contribution in [0.25, 0.3) is 0 Å². The molecule has 0 amide bonds. The normalized spacial score (nSPS) is 12.9.